The molecule has 0 unspecified atom stereocenters. The smallest absolute Gasteiger partial charge is 0.112 e. The van der Waals surface area contributed by atoms with Gasteiger partial charge in [-0.25, -0.2) is 4.98 Å². The molecule has 1 fully saturated rings. The third-order valence-electron chi connectivity index (χ3n) is 3.79. The molecular formula is C14H19N3O. The summed E-state index contributed by atoms with van der Waals surface area (Å²) in [6, 6.07) is 6.38. The topological polar surface area (TPSA) is 30.3 Å². The number of imidazole rings is 1. The van der Waals surface area contributed by atoms with Crippen molar-refractivity contribution >= 4 is 16.7 Å². The Hall–Kier alpha value is -1.55. The van der Waals surface area contributed by atoms with Gasteiger partial charge in [-0.3, -0.25) is 0 Å². The maximum Gasteiger partial charge on any atom is 0.112 e. The highest BCUT2D eigenvalue weighted by Crippen LogP contribution is 2.28. The Bertz CT molecular complexity index is 549. The van der Waals surface area contributed by atoms with Gasteiger partial charge in [-0.15, -0.1) is 0 Å². The summed E-state index contributed by atoms with van der Waals surface area (Å²) in [7, 11) is 3.84. The van der Waals surface area contributed by atoms with E-state index in [9.17, 15) is 0 Å². The van der Waals surface area contributed by atoms with Crippen LogP contribution in [0, 0.1) is 0 Å². The number of rotatable bonds is 2. The summed E-state index contributed by atoms with van der Waals surface area (Å²) < 4.78 is 7.56. The van der Waals surface area contributed by atoms with Gasteiger partial charge in [-0.05, 0) is 25.0 Å². The lowest BCUT2D eigenvalue weighted by atomic mass is 10.1. The lowest BCUT2D eigenvalue weighted by Gasteiger charge is -2.33. The van der Waals surface area contributed by atoms with Crippen molar-refractivity contribution in [1.29, 1.82) is 0 Å². The molecule has 96 valence electrons. The fourth-order valence-electron chi connectivity index (χ4n) is 2.75. The summed E-state index contributed by atoms with van der Waals surface area (Å²) in [5.41, 5.74) is 3.51. The van der Waals surface area contributed by atoms with Crippen LogP contribution in [0.25, 0.3) is 11.0 Å². The summed E-state index contributed by atoms with van der Waals surface area (Å²) in [5, 5.41) is 0. The van der Waals surface area contributed by atoms with E-state index in [4.69, 9.17) is 4.74 Å². The fourth-order valence-corrected chi connectivity index (χ4v) is 2.75. The molecule has 4 heteroatoms. The molecule has 0 radical (unpaired) electrons. The predicted molar refractivity (Wildman–Crippen MR) is 73.0 cm³/mol. The highest BCUT2D eigenvalue weighted by molar-refractivity contribution is 5.89. The van der Waals surface area contributed by atoms with Crippen LogP contribution in [0.3, 0.4) is 0 Å². The van der Waals surface area contributed by atoms with Crippen LogP contribution in [0.5, 0.6) is 0 Å². The molecule has 18 heavy (non-hydrogen) atoms. The van der Waals surface area contributed by atoms with Crippen LogP contribution in [-0.4, -0.2) is 35.9 Å². The van der Waals surface area contributed by atoms with Crippen LogP contribution < -0.4 is 4.90 Å². The molecule has 0 N–H and O–H groups in total. The van der Waals surface area contributed by atoms with Gasteiger partial charge < -0.3 is 14.2 Å². The number of nitrogens with zero attached hydrogens (tertiary/aromatic N) is 3. The number of aryl methyl sites for hydroxylation is 1. The largest absolute Gasteiger partial charge is 0.380 e. The summed E-state index contributed by atoms with van der Waals surface area (Å²) in [6.07, 6.45) is 4.57. The standard InChI is InChI=1S/C14H19N3O/c1-16-10-15-14-12(16)6-3-7-13(14)17-8-4-5-11(9-17)18-2/h3,6-7,10-11H,4-5,8-9H2,1-2H3/t11-/m0/s1. The van der Waals surface area contributed by atoms with E-state index >= 15 is 0 Å². The van der Waals surface area contributed by atoms with Gasteiger partial charge in [0.2, 0.25) is 0 Å². The number of piperidine rings is 1. The second-order valence-corrected chi connectivity index (χ2v) is 4.95. The molecule has 1 aliphatic heterocycles. The molecule has 0 aliphatic carbocycles. The number of hydrogen-bond acceptors (Lipinski definition) is 3. The quantitative estimate of drug-likeness (QED) is 0.812. The fraction of sp³-hybridized carbons (Fsp3) is 0.500. The third-order valence-corrected chi connectivity index (χ3v) is 3.79. The number of anilines is 1. The monoisotopic (exact) mass is 245 g/mol. The summed E-state index contributed by atoms with van der Waals surface area (Å²) in [6.45, 7) is 2.06. The summed E-state index contributed by atoms with van der Waals surface area (Å²) in [4.78, 5) is 6.92. The summed E-state index contributed by atoms with van der Waals surface area (Å²) >= 11 is 0. The molecular weight excluding hydrogens is 226 g/mol. The van der Waals surface area contributed by atoms with E-state index in [0.717, 1.165) is 25.0 Å². The maximum absolute atomic E-state index is 5.49. The van der Waals surface area contributed by atoms with Crippen molar-refractivity contribution in [3.63, 3.8) is 0 Å². The van der Waals surface area contributed by atoms with E-state index in [1.165, 1.54) is 17.6 Å². The molecule has 1 aromatic heterocycles. The minimum atomic E-state index is 0.345. The van der Waals surface area contributed by atoms with Gasteiger partial charge in [0.05, 0.1) is 23.6 Å². The van der Waals surface area contributed by atoms with Crippen LogP contribution in [0.1, 0.15) is 12.8 Å². The molecule has 0 amide bonds. The van der Waals surface area contributed by atoms with Gasteiger partial charge >= 0.3 is 0 Å². The minimum Gasteiger partial charge on any atom is -0.380 e. The van der Waals surface area contributed by atoms with Gasteiger partial charge in [0.25, 0.3) is 0 Å². The van der Waals surface area contributed by atoms with Crippen molar-refractivity contribution in [1.82, 2.24) is 9.55 Å². The third kappa shape index (κ3) is 1.86. The van der Waals surface area contributed by atoms with Crippen LogP contribution in [0.4, 0.5) is 5.69 Å². The van der Waals surface area contributed by atoms with Crippen molar-refractivity contribution in [2.24, 2.45) is 7.05 Å². The second kappa shape index (κ2) is 4.61. The van der Waals surface area contributed by atoms with E-state index in [-0.39, 0.29) is 0 Å². The zero-order valence-corrected chi connectivity index (χ0v) is 11.0. The molecule has 0 saturated carbocycles. The lowest BCUT2D eigenvalue weighted by molar-refractivity contribution is 0.0894. The molecule has 1 saturated heterocycles. The van der Waals surface area contributed by atoms with Crippen LogP contribution >= 0.6 is 0 Å². The molecule has 3 rings (SSSR count). The Kier molecular flexibility index (Phi) is 2.96. The Balaban J connectivity index is 1.98. The Morgan fingerprint density at radius 2 is 2.28 bits per heavy atom. The zero-order chi connectivity index (χ0) is 12.5. The first-order valence-electron chi connectivity index (χ1n) is 6.47. The van der Waals surface area contributed by atoms with Crippen LogP contribution in [0.2, 0.25) is 0 Å². The number of para-hydroxylation sites is 1. The molecule has 0 spiro atoms. The summed E-state index contributed by atoms with van der Waals surface area (Å²) in [5.74, 6) is 0. The molecule has 2 heterocycles. The minimum absolute atomic E-state index is 0.345. The first-order valence-corrected chi connectivity index (χ1v) is 6.47. The second-order valence-electron chi connectivity index (χ2n) is 4.95. The van der Waals surface area contributed by atoms with Gasteiger partial charge in [0, 0.05) is 27.2 Å². The molecule has 1 aromatic carbocycles. The number of hydrogen-bond donors (Lipinski definition) is 0. The molecule has 0 bridgehead atoms. The van der Waals surface area contributed by atoms with Gasteiger partial charge in [0.1, 0.15) is 5.52 Å². The van der Waals surface area contributed by atoms with Gasteiger partial charge in [-0.1, -0.05) is 6.07 Å². The highest BCUT2D eigenvalue weighted by atomic mass is 16.5. The Morgan fingerprint density at radius 3 is 3.11 bits per heavy atom. The van der Waals surface area contributed by atoms with Gasteiger partial charge in [-0.2, -0.15) is 0 Å². The van der Waals surface area contributed by atoms with Crippen molar-refractivity contribution in [3.8, 4) is 0 Å². The number of methoxy groups -OCH3 is 1. The molecule has 4 nitrogen and oxygen atoms in total. The maximum atomic E-state index is 5.49. The first kappa shape index (κ1) is 11.5. The van der Waals surface area contributed by atoms with Crippen LogP contribution in [-0.2, 0) is 11.8 Å². The zero-order valence-electron chi connectivity index (χ0n) is 11.0. The van der Waals surface area contributed by atoms with Crippen molar-refractivity contribution in [2.75, 3.05) is 25.1 Å². The van der Waals surface area contributed by atoms with Crippen LogP contribution in [0.15, 0.2) is 24.5 Å². The SMILES string of the molecule is CO[C@H]1CCCN(c2cccc3c2ncn3C)C1. The van der Waals surface area contributed by atoms with Crippen molar-refractivity contribution in [3.05, 3.63) is 24.5 Å². The molecule has 2 aromatic rings. The number of aromatic nitrogens is 2. The van der Waals surface area contributed by atoms with E-state index in [0.29, 0.717) is 6.10 Å². The van der Waals surface area contributed by atoms with Gasteiger partial charge in [0.15, 0.2) is 0 Å². The number of fused-ring (bicyclic) bond motifs is 1. The van der Waals surface area contributed by atoms with E-state index in [1.807, 2.05) is 13.4 Å². The van der Waals surface area contributed by atoms with Crippen molar-refractivity contribution in [2.45, 2.75) is 18.9 Å². The first-order chi connectivity index (χ1) is 8.79. The average molecular weight is 245 g/mol. The molecule has 1 aliphatic rings. The normalized spacial score (nSPS) is 20.6. The number of ether oxygens (including phenoxy) is 1. The lowest BCUT2D eigenvalue weighted by Crippen LogP contribution is -2.39. The highest BCUT2D eigenvalue weighted by Gasteiger charge is 2.21. The van der Waals surface area contributed by atoms with Crippen molar-refractivity contribution < 1.29 is 4.74 Å². The Labute approximate surface area is 107 Å². The van der Waals surface area contributed by atoms with E-state index < -0.39 is 0 Å². The average Bonchev–Trinajstić information content (AvgIpc) is 2.81. The molecule has 1 atom stereocenters. The van der Waals surface area contributed by atoms with E-state index in [2.05, 4.69) is 32.7 Å². The van der Waals surface area contributed by atoms with E-state index in [1.54, 1.807) is 7.11 Å². The predicted octanol–water partition coefficient (Wildman–Crippen LogP) is 2.19. The Morgan fingerprint density at radius 1 is 1.39 bits per heavy atom. The number of benzene rings is 1.